The first-order chi connectivity index (χ1) is 11.2. The van der Waals surface area contributed by atoms with Gasteiger partial charge in [0.2, 0.25) is 11.8 Å². The van der Waals surface area contributed by atoms with Crippen molar-refractivity contribution in [2.45, 2.75) is 26.0 Å². The van der Waals surface area contributed by atoms with Gasteiger partial charge in [0.25, 0.3) is 0 Å². The first-order valence-corrected chi connectivity index (χ1v) is 7.70. The highest BCUT2D eigenvalue weighted by atomic mass is 16.5. The molecule has 3 rings (SSSR count). The first-order valence-electron chi connectivity index (χ1n) is 7.70. The van der Waals surface area contributed by atoms with Gasteiger partial charge in [0.05, 0.1) is 12.7 Å². The monoisotopic (exact) mass is 317 g/mol. The lowest BCUT2D eigenvalue weighted by Crippen LogP contribution is -2.47. The number of hydrogen-bond donors (Lipinski definition) is 0. The summed E-state index contributed by atoms with van der Waals surface area (Å²) >= 11 is 0. The Kier molecular flexibility index (Phi) is 4.57. The number of hydrogen-bond acceptors (Lipinski definition) is 5. The summed E-state index contributed by atoms with van der Waals surface area (Å²) in [6, 6.07) is 9.12. The standard InChI is InChI=1S/C16H19N3O4/c1-2-13-10-18(8-9-22-13)14(20)11-19-16(21)23-15(17-19)12-6-4-3-5-7-12/h3-7,13H,2,8-11H2,1H3/t13-/m1/s1. The SMILES string of the molecule is CC[C@@H]1CN(C(=O)Cn2nc(-c3ccccc3)oc2=O)CCO1. The van der Waals surface area contributed by atoms with Crippen LogP contribution in [-0.2, 0) is 16.1 Å². The maximum atomic E-state index is 12.4. The quantitative estimate of drug-likeness (QED) is 0.845. The van der Waals surface area contributed by atoms with Crippen LogP contribution in [0.2, 0.25) is 0 Å². The molecule has 0 N–H and O–H groups in total. The number of morpholine rings is 1. The number of carbonyl (C=O) groups excluding carboxylic acids is 1. The van der Waals surface area contributed by atoms with Crippen LogP contribution in [0.5, 0.6) is 0 Å². The van der Waals surface area contributed by atoms with Gasteiger partial charge in [-0.05, 0) is 18.6 Å². The summed E-state index contributed by atoms with van der Waals surface area (Å²) in [4.78, 5) is 26.0. The van der Waals surface area contributed by atoms with E-state index in [0.29, 0.717) is 25.3 Å². The number of carbonyl (C=O) groups is 1. The van der Waals surface area contributed by atoms with Crippen molar-refractivity contribution < 1.29 is 13.9 Å². The molecule has 0 spiro atoms. The minimum atomic E-state index is -0.627. The minimum Gasteiger partial charge on any atom is -0.388 e. The van der Waals surface area contributed by atoms with Gasteiger partial charge in [-0.3, -0.25) is 4.79 Å². The topological polar surface area (TPSA) is 77.6 Å². The molecule has 7 heteroatoms. The average molecular weight is 317 g/mol. The second-order valence-corrected chi connectivity index (χ2v) is 5.44. The van der Waals surface area contributed by atoms with E-state index in [0.717, 1.165) is 11.1 Å². The molecular weight excluding hydrogens is 298 g/mol. The zero-order valence-corrected chi connectivity index (χ0v) is 13.0. The maximum absolute atomic E-state index is 12.4. The highest BCUT2D eigenvalue weighted by Crippen LogP contribution is 2.14. The Morgan fingerprint density at radius 2 is 2.13 bits per heavy atom. The zero-order chi connectivity index (χ0) is 16.2. The summed E-state index contributed by atoms with van der Waals surface area (Å²) in [5.41, 5.74) is 0.702. The number of benzene rings is 1. The van der Waals surface area contributed by atoms with Crippen LogP contribution in [0.3, 0.4) is 0 Å². The average Bonchev–Trinajstić information content (AvgIpc) is 2.96. The Hall–Kier alpha value is -2.41. The predicted octanol–water partition coefficient (Wildman–Crippen LogP) is 1.14. The van der Waals surface area contributed by atoms with Gasteiger partial charge in [0.1, 0.15) is 6.54 Å². The first kappa shape index (κ1) is 15.5. The van der Waals surface area contributed by atoms with E-state index in [1.165, 1.54) is 0 Å². The molecule has 23 heavy (non-hydrogen) atoms. The molecule has 1 aliphatic heterocycles. The van der Waals surface area contributed by atoms with E-state index in [1.54, 1.807) is 17.0 Å². The van der Waals surface area contributed by atoms with Crippen molar-refractivity contribution in [3.8, 4) is 11.5 Å². The molecule has 122 valence electrons. The molecule has 7 nitrogen and oxygen atoms in total. The predicted molar refractivity (Wildman–Crippen MR) is 82.8 cm³/mol. The number of nitrogens with zero attached hydrogens (tertiary/aromatic N) is 3. The van der Waals surface area contributed by atoms with Gasteiger partial charge in [0.15, 0.2) is 0 Å². The summed E-state index contributed by atoms with van der Waals surface area (Å²) in [6.07, 6.45) is 0.910. The van der Waals surface area contributed by atoms with Crippen LogP contribution in [-0.4, -0.2) is 46.4 Å². The molecule has 0 unspecified atom stereocenters. The van der Waals surface area contributed by atoms with E-state index in [9.17, 15) is 9.59 Å². The van der Waals surface area contributed by atoms with Crippen LogP contribution >= 0.6 is 0 Å². The van der Waals surface area contributed by atoms with Crippen LogP contribution in [0.1, 0.15) is 13.3 Å². The molecule has 1 aromatic heterocycles. The smallest absolute Gasteiger partial charge is 0.388 e. The number of ether oxygens (including phenoxy) is 1. The van der Waals surface area contributed by atoms with Gasteiger partial charge in [-0.15, -0.1) is 5.10 Å². The van der Waals surface area contributed by atoms with Crippen LogP contribution < -0.4 is 5.76 Å². The molecule has 0 radical (unpaired) electrons. The number of rotatable bonds is 4. The molecule has 1 atom stereocenters. The summed E-state index contributed by atoms with van der Waals surface area (Å²) in [5.74, 6) is -0.559. The van der Waals surface area contributed by atoms with E-state index < -0.39 is 5.76 Å². The van der Waals surface area contributed by atoms with Gasteiger partial charge < -0.3 is 14.1 Å². The van der Waals surface area contributed by atoms with Crippen LogP contribution in [0.15, 0.2) is 39.5 Å². The second kappa shape index (κ2) is 6.78. The third kappa shape index (κ3) is 3.50. The van der Waals surface area contributed by atoms with E-state index >= 15 is 0 Å². The van der Waals surface area contributed by atoms with Gasteiger partial charge in [0, 0.05) is 18.7 Å². The molecular formula is C16H19N3O4. The van der Waals surface area contributed by atoms with Crippen molar-refractivity contribution in [3.63, 3.8) is 0 Å². The fraction of sp³-hybridized carbons (Fsp3) is 0.438. The molecule has 1 aromatic carbocycles. The van der Waals surface area contributed by atoms with Crippen molar-refractivity contribution in [2.75, 3.05) is 19.7 Å². The van der Waals surface area contributed by atoms with Crippen molar-refractivity contribution in [1.82, 2.24) is 14.7 Å². The summed E-state index contributed by atoms with van der Waals surface area (Å²) in [7, 11) is 0. The molecule has 2 heterocycles. The van der Waals surface area contributed by atoms with Crippen molar-refractivity contribution in [1.29, 1.82) is 0 Å². The summed E-state index contributed by atoms with van der Waals surface area (Å²) in [5, 5.41) is 4.11. The molecule has 0 saturated carbocycles. The lowest BCUT2D eigenvalue weighted by molar-refractivity contribution is -0.139. The molecule has 0 aliphatic carbocycles. The van der Waals surface area contributed by atoms with Crippen LogP contribution in [0.25, 0.3) is 11.5 Å². The fourth-order valence-electron chi connectivity index (χ4n) is 2.52. The Morgan fingerprint density at radius 3 is 2.87 bits per heavy atom. The van der Waals surface area contributed by atoms with Crippen molar-refractivity contribution >= 4 is 5.91 Å². The maximum Gasteiger partial charge on any atom is 0.437 e. The van der Waals surface area contributed by atoms with Gasteiger partial charge >= 0.3 is 5.76 Å². The van der Waals surface area contributed by atoms with Crippen molar-refractivity contribution in [3.05, 3.63) is 40.9 Å². The van der Waals surface area contributed by atoms with E-state index in [1.807, 2.05) is 25.1 Å². The van der Waals surface area contributed by atoms with Gasteiger partial charge in [-0.1, -0.05) is 25.1 Å². The molecule has 0 bridgehead atoms. The second-order valence-electron chi connectivity index (χ2n) is 5.44. The number of aromatic nitrogens is 2. The molecule has 2 aromatic rings. The molecule has 1 amide bonds. The van der Waals surface area contributed by atoms with Gasteiger partial charge in [-0.25, -0.2) is 4.79 Å². The van der Waals surface area contributed by atoms with E-state index in [4.69, 9.17) is 9.15 Å². The van der Waals surface area contributed by atoms with E-state index in [2.05, 4.69) is 5.10 Å². The number of amides is 1. The highest BCUT2D eigenvalue weighted by Gasteiger charge is 2.24. The largest absolute Gasteiger partial charge is 0.437 e. The zero-order valence-electron chi connectivity index (χ0n) is 13.0. The Morgan fingerprint density at radius 1 is 1.35 bits per heavy atom. The Balaban J connectivity index is 1.72. The van der Waals surface area contributed by atoms with Crippen molar-refractivity contribution in [2.24, 2.45) is 0 Å². The third-order valence-corrected chi connectivity index (χ3v) is 3.86. The van der Waals surface area contributed by atoms with E-state index in [-0.39, 0.29) is 24.4 Å². The Labute approximate surface area is 133 Å². The minimum absolute atomic E-state index is 0.0570. The molecule has 1 saturated heterocycles. The lowest BCUT2D eigenvalue weighted by atomic mass is 10.2. The Bertz CT molecular complexity index is 722. The van der Waals surface area contributed by atoms with Gasteiger partial charge in [-0.2, -0.15) is 4.68 Å². The molecule has 1 fully saturated rings. The highest BCUT2D eigenvalue weighted by molar-refractivity contribution is 5.76. The normalized spacial score (nSPS) is 18.1. The third-order valence-electron chi connectivity index (χ3n) is 3.86. The fourth-order valence-corrected chi connectivity index (χ4v) is 2.52. The summed E-state index contributed by atoms with van der Waals surface area (Å²) < 4.78 is 11.7. The van der Waals surface area contributed by atoms with Crippen LogP contribution in [0, 0.1) is 0 Å². The lowest BCUT2D eigenvalue weighted by Gasteiger charge is -2.32. The van der Waals surface area contributed by atoms with Crippen LogP contribution in [0.4, 0.5) is 0 Å². The summed E-state index contributed by atoms with van der Waals surface area (Å²) in [6.45, 7) is 3.51. The molecule has 1 aliphatic rings.